The molecule has 3 nitrogen and oxygen atoms in total. The average molecular weight is 114 g/mol. The zero-order chi connectivity index (χ0) is 5.98. The van der Waals surface area contributed by atoms with E-state index in [1.165, 1.54) is 0 Å². The van der Waals surface area contributed by atoms with Gasteiger partial charge in [-0.3, -0.25) is 0 Å². The van der Waals surface area contributed by atoms with Crippen LogP contribution >= 0.6 is 0 Å². The Kier molecular flexibility index (Phi) is 1.48. The highest BCUT2D eigenvalue weighted by molar-refractivity contribution is 5.49. The van der Waals surface area contributed by atoms with Crippen LogP contribution in [0.15, 0.2) is 4.99 Å². The van der Waals surface area contributed by atoms with Crippen molar-refractivity contribution in [3.63, 3.8) is 0 Å². The molecule has 2 atom stereocenters. The van der Waals surface area contributed by atoms with Gasteiger partial charge >= 0.3 is 0 Å². The molecular weight excluding hydrogens is 106 g/mol. The highest BCUT2D eigenvalue weighted by Crippen LogP contribution is 2.02. The lowest BCUT2D eigenvalue weighted by atomic mass is 10.2. The van der Waals surface area contributed by atoms with E-state index in [4.69, 9.17) is 5.11 Å². The smallest absolute Gasteiger partial charge is 0.273 e. The lowest BCUT2D eigenvalue weighted by molar-refractivity contribution is 0.146. The second kappa shape index (κ2) is 2.13. The van der Waals surface area contributed by atoms with Crippen molar-refractivity contribution in [1.29, 1.82) is 0 Å². The third kappa shape index (κ3) is 0.980. The number of hydrogen-bond donors (Lipinski definition) is 1. The molecule has 0 amide bonds. The highest BCUT2D eigenvalue weighted by Gasteiger charge is 2.17. The standard InChI is InChI=1S/C5H8NO2/c1-4(7)5-2-8-3-6-5/h4-5,7H,2H2,1H3/t4-,5+/m1/s1. The molecule has 0 spiro atoms. The van der Waals surface area contributed by atoms with Crippen molar-refractivity contribution in [3.8, 4) is 0 Å². The maximum atomic E-state index is 8.84. The first-order valence-corrected chi connectivity index (χ1v) is 2.55. The molecule has 0 saturated carbocycles. The van der Waals surface area contributed by atoms with Gasteiger partial charge in [-0.25, -0.2) is 4.99 Å². The van der Waals surface area contributed by atoms with Crippen LogP contribution in [-0.4, -0.2) is 30.3 Å². The van der Waals surface area contributed by atoms with Crippen LogP contribution in [0.4, 0.5) is 0 Å². The van der Waals surface area contributed by atoms with Crippen LogP contribution in [0.3, 0.4) is 0 Å². The van der Waals surface area contributed by atoms with Gasteiger partial charge in [0.25, 0.3) is 6.40 Å². The van der Waals surface area contributed by atoms with Gasteiger partial charge in [-0.2, -0.15) is 0 Å². The summed E-state index contributed by atoms with van der Waals surface area (Å²) >= 11 is 0. The molecule has 1 aliphatic heterocycles. The maximum Gasteiger partial charge on any atom is 0.273 e. The van der Waals surface area contributed by atoms with Crippen molar-refractivity contribution < 1.29 is 9.84 Å². The summed E-state index contributed by atoms with van der Waals surface area (Å²) < 4.78 is 4.64. The van der Waals surface area contributed by atoms with Crippen molar-refractivity contribution in [2.24, 2.45) is 4.99 Å². The second-order valence-electron chi connectivity index (χ2n) is 1.84. The molecule has 0 aromatic carbocycles. The lowest BCUT2D eigenvalue weighted by Crippen LogP contribution is -2.21. The Bertz CT molecular complexity index is 101. The Morgan fingerprint density at radius 3 is 3.00 bits per heavy atom. The number of ether oxygens (including phenoxy) is 1. The van der Waals surface area contributed by atoms with Crippen LogP contribution in [0.2, 0.25) is 0 Å². The van der Waals surface area contributed by atoms with E-state index in [-0.39, 0.29) is 6.04 Å². The zero-order valence-electron chi connectivity index (χ0n) is 4.66. The predicted molar refractivity (Wildman–Crippen MR) is 28.9 cm³/mol. The fraction of sp³-hybridized carbons (Fsp3) is 0.800. The Morgan fingerprint density at radius 2 is 2.75 bits per heavy atom. The van der Waals surface area contributed by atoms with Gasteiger partial charge in [-0.05, 0) is 6.92 Å². The van der Waals surface area contributed by atoms with Crippen molar-refractivity contribution in [1.82, 2.24) is 0 Å². The minimum Gasteiger partial charge on any atom is -0.472 e. The molecule has 1 rings (SSSR count). The number of hydrogen-bond acceptors (Lipinski definition) is 3. The Morgan fingerprint density at radius 1 is 2.00 bits per heavy atom. The van der Waals surface area contributed by atoms with Crippen LogP contribution in [-0.2, 0) is 4.74 Å². The average Bonchev–Trinajstić information content (AvgIpc) is 2.12. The molecule has 0 fully saturated rings. The highest BCUT2D eigenvalue weighted by atomic mass is 16.5. The summed E-state index contributed by atoms with van der Waals surface area (Å²) in [5.41, 5.74) is 0. The molecule has 0 unspecified atom stereocenters. The van der Waals surface area contributed by atoms with Crippen molar-refractivity contribution in [2.45, 2.75) is 19.1 Å². The zero-order valence-corrected chi connectivity index (χ0v) is 4.66. The van der Waals surface area contributed by atoms with Crippen LogP contribution in [0.5, 0.6) is 0 Å². The number of aliphatic imine (C=N–C) groups is 1. The second-order valence-corrected chi connectivity index (χ2v) is 1.84. The maximum absolute atomic E-state index is 8.84. The monoisotopic (exact) mass is 114 g/mol. The Labute approximate surface area is 48.0 Å². The van der Waals surface area contributed by atoms with E-state index in [1.807, 2.05) is 0 Å². The molecule has 45 valence electrons. The summed E-state index contributed by atoms with van der Waals surface area (Å²) in [7, 11) is 0. The van der Waals surface area contributed by atoms with E-state index in [0.717, 1.165) is 0 Å². The molecule has 0 aromatic heterocycles. The molecule has 0 bridgehead atoms. The van der Waals surface area contributed by atoms with E-state index >= 15 is 0 Å². The molecular formula is C5H8NO2. The van der Waals surface area contributed by atoms with E-state index in [9.17, 15) is 0 Å². The largest absolute Gasteiger partial charge is 0.472 e. The first kappa shape index (κ1) is 5.56. The van der Waals surface area contributed by atoms with E-state index < -0.39 is 6.10 Å². The number of aliphatic hydroxyl groups excluding tert-OH is 1. The molecule has 1 N–H and O–H groups in total. The molecule has 1 aliphatic rings. The molecule has 0 aliphatic carbocycles. The quantitative estimate of drug-likeness (QED) is 0.507. The predicted octanol–water partition coefficient (Wildman–Crippen LogP) is -0.329. The topological polar surface area (TPSA) is 41.8 Å². The van der Waals surface area contributed by atoms with Gasteiger partial charge in [-0.15, -0.1) is 0 Å². The Hall–Kier alpha value is -0.570. The first-order chi connectivity index (χ1) is 3.80. The van der Waals surface area contributed by atoms with E-state index in [0.29, 0.717) is 6.61 Å². The first-order valence-electron chi connectivity index (χ1n) is 2.55. The van der Waals surface area contributed by atoms with Gasteiger partial charge < -0.3 is 9.84 Å². The van der Waals surface area contributed by atoms with Crippen LogP contribution in [0, 0.1) is 0 Å². The fourth-order valence-electron chi connectivity index (χ4n) is 0.512. The molecule has 0 saturated heterocycles. The molecule has 0 aromatic rings. The fourth-order valence-corrected chi connectivity index (χ4v) is 0.512. The van der Waals surface area contributed by atoms with Gasteiger partial charge in [0, 0.05) is 0 Å². The summed E-state index contributed by atoms with van der Waals surface area (Å²) in [5.74, 6) is 0. The normalized spacial score (nSPS) is 30.0. The summed E-state index contributed by atoms with van der Waals surface area (Å²) in [6.45, 7) is 2.15. The number of aliphatic hydroxyl groups is 1. The Balaban J connectivity index is 2.36. The summed E-state index contributed by atoms with van der Waals surface area (Å²) in [6.07, 6.45) is 1.91. The lowest BCUT2D eigenvalue weighted by Gasteiger charge is -2.05. The molecule has 3 heteroatoms. The van der Waals surface area contributed by atoms with Gasteiger partial charge in [0.15, 0.2) is 0 Å². The van der Waals surface area contributed by atoms with Gasteiger partial charge in [0.2, 0.25) is 0 Å². The number of rotatable bonds is 1. The van der Waals surface area contributed by atoms with Gasteiger partial charge in [0.1, 0.15) is 12.6 Å². The third-order valence-electron chi connectivity index (χ3n) is 1.09. The summed E-state index contributed by atoms with van der Waals surface area (Å²) in [5, 5.41) is 8.84. The van der Waals surface area contributed by atoms with Gasteiger partial charge in [0.05, 0.1) is 6.10 Å². The van der Waals surface area contributed by atoms with E-state index in [1.54, 1.807) is 6.92 Å². The van der Waals surface area contributed by atoms with Crippen LogP contribution in [0.25, 0.3) is 0 Å². The summed E-state index contributed by atoms with van der Waals surface area (Å²) in [4.78, 5) is 3.71. The minimum atomic E-state index is -0.412. The van der Waals surface area contributed by atoms with Crippen molar-refractivity contribution in [2.75, 3.05) is 6.61 Å². The van der Waals surface area contributed by atoms with Crippen LogP contribution < -0.4 is 0 Å². The van der Waals surface area contributed by atoms with Gasteiger partial charge in [-0.1, -0.05) is 0 Å². The molecule has 8 heavy (non-hydrogen) atoms. The molecule has 1 radical (unpaired) electrons. The van der Waals surface area contributed by atoms with Crippen molar-refractivity contribution >= 4 is 6.40 Å². The minimum absolute atomic E-state index is 0.0880. The van der Waals surface area contributed by atoms with Crippen molar-refractivity contribution in [3.05, 3.63) is 0 Å². The summed E-state index contributed by atoms with van der Waals surface area (Å²) in [6, 6.07) is -0.0880. The van der Waals surface area contributed by atoms with Crippen LogP contribution in [0.1, 0.15) is 6.92 Å². The van der Waals surface area contributed by atoms with E-state index in [2.05, 4.69) is 16.1 Å². The molecule has 1 heterocycles. The number of nitrogens with zero attached hydrogens (tertiary/aromatic N) is 1. The SMILES string of the molecule is C[C@@H](O)[C@@H]1CO[C]=N1. The third-order valence-corrected chi connectivity index (χ3v) is 1.09.